The third-order valence-corrected chi connectivity index (χ3v) is 5.39. The van der Waals surface area contributed by atoms with Gasteiger partial charge in [-0.25, -0.2) is 0 Å². The van der Waals surface area contributed by atoms with Gasteiger partial charge in [-0.2, -0.15) is 13.2 Å². The molecular formula is C27H26F3NO5. The Hall–Kier alpha value is -3.85. The van der Waals surface area contributed by atoms with Crippen LogP contribution in [0, 0.1) is 0 Å². The summed E-state index contributed by atoms with van der Waals surface area (Å²) in [5.41, 5.74) is 1.90. The summed E-state index contributed by atoms with van der Waals surface area (Å²) in [5.74, 6) is -0.564. The second-order valence-corrected chi connectivity index (χ2v) is 7.91. The number of rotatable bonds is 10. The van der Waals surface area contributed by atoms with E-state index >= 15 is 0 Å². The smallest absolute Gasteiger partial charge is 0.416 e. The highest BCUT2D eigenvalue weighted by Crippen LogP contribution is 2.37. The molecule has 3 aromatic carbocycles. The van der Waals surface area contributed by atoms with Crippen molar-refractivity contribution in [2.24, 2.45) is 0 Å². The van der Waals surface area contributed by atoms with Crippen molar-refractivity contribution in [3.8, 4) is 16.9 Å². The fraction of sp³-hybridized carbons (Fsp3) is 0.259. The van der Waals surface area contributed by atoms with Crippen LogP contribution in [0.4, 0.5) is 13.2 Å². The lowest BCUT2D eigenvalue weighted by molar-refractivity contribution is -0.144. The van der Waals surface area contributed by atoms with Crippen molar-refractivity contribution in [1.82, 2.24) is 5.32 Å². The molecule has 3 rings (SSSR count). The van der Waals surface area contributed by atoms with E-state index in [1.54, 1.807) is 18.2 Å². The largest absolute Gasteiger partial charge is 0.496 e. The topological polar surface area (TPSA) is 73.9 Å². The van der Waals surface area contributed by atoms with Gasteiger partial charge in [0.15, 0.2) is 0 Å². The molecule has 0 aliphatic rings. The lowest BCUT2D eigenvalue weighted by Gasteiger charge is -2.17. The van der Waals surface area contributed by atoms with Crippen LogP contribution < -0.4 is 10.1 Å². The number of halogens is 3. The van der Waals surface area contributed by atoms with Crippen molar-refractivity contribution in [2.75, 3.05) is 20.8 Å². The minimum atomic E-state index is -4.54. The van der Waals surface area contributed by atoms with Crippen LogP contribution >= 0.6 is 0 Å². The van der Waals surface area contributed by atoms with E-state index in [0.717, 1.165) is 17.7 Å². The van der Waals surface area contributed by atoms with E-state index in [9.17, 15) is 22.8 Å². The second-order valence-electron chi connectivity index (χ2n) is 7.91. The number of alkyl halides is 3. The summed E-state index contributed by atoms with van der Waals surface area (Å²) in [6.45, 7) is -0.132. The Morgan fingerprint density at radius 1 is 0.861 bits per heavy atom. The number of nitrogens with one attached hydrogen (secondary N) is 1. The van der Waals surface area contributed by atoms with Crippen LogP contribution in [0.2, 0.25) is 0 Å². The van der Waals surface area contributed by atoms with Crippen LogP contribution in [0.1, 0.15) is 22.3 Å². The molecular weight excluding hydrogens is 475 g/mol. The third-order valence-electron chi connectivity index (χ3n) is 5.39. The molecule has 0 amide bonds. The highest BCUT2D eigenvalue weighted by atomic mass is 19.4. The molecule has 0 atom stereocenters. The third kappa shape index (κ3) is 7.32. The van der Waals surface area contributed by atoms with Crippen LogP contribution in [0.25, 0.3) is 11.1 Å². The molecule has 3 aromatic rings. The summed E-state index contributed by atoms with van der Waals surface area (Å²) in [6, 6.07) is 17.5. The van der Waals surface area contributed by atoms with Gasteiger partial charge < -0.3 is 19.5 Å². The molecule has 6 nitrogen and oxygen atoms in total. The van der Waals surface area contributed by atoms with Crippen LogP contribution in [0.5, 0.6) is 5.75 Å². The van der Waals surface area contributed by atoms with E-state index in [2.05, 4.69) is 5.32 Å². The summed E-state index contributed by atoms with van der Waals surface area (Å²) >= 11 is 0. The number of methoxy groups -OCH3 is 2. The Labute approximate surface area is 207 Å². The van der Waals surface area contributed by atoms with Gasteiger partial charge in [-0.1, -0.05) is 42.5 Å². The molecule has 0 radical (unpaired) electrons. The summed E-state index contributed by atoms with van der Waals surface area (Å²) in [4.78, 5) is 23.9. The summed E-state index contributed by atoms with van der Waals surface area (Å²) in [7, 11) is 2.72. The molecule has 0 saturated heterocycles. The number of carbonyl (C=O) groups is 2. The van der Waals surface area contributed by atoms with Crippen molar-refractivity contribution in [3.63, 3.8) is 0 Å². The molecule has 0 saturated carbocycles. The molecule has 36 heavy (non-hydrogen) atoms. The molecule has 0 spiro atoms. The Morgan fingerprint density at radius 3 is 2.28 bits per heavy atom. The monoisotopic (exact) mass is 501 g/mol. The van der Waals surface area contributed by atoms with Crippen LogP contribution in [-0.4, -0.2) is 32.7 Å². The molecule has 0 fully saturated rings. The van der Waals surface area contributed by atoms with E-state index in [4.69, 9.17) is 14.2 Å². The fourth-order valence-electron chi connectivity index (χ4n) is 3.58. The first-order chi connectivity index (χ1) is 17.2. The van der Waals surface area contributed by atoms with Gasteiger partial charge in [0.25, 0.3) is 0 Å². The number of hydrogen-bond donors (Lipinski definition) is 1. The fourth-order valence-corrected chi connectivity index (χ4v) is 3.58. The minimum absolute atomic E-state index is 0.00499. The minimum Gasteiger partial charge on any atom is -0.496 e. The Morgan fingerprint density at radius 2 is 1.61 bits per heavy atom. The van der Waals surface area contributed by atoms with Crippen molar-refractivity contribution >= 4 is 11.9 Å². The molecule has 0 unspecified atom stereocenters. The lowest BCUT2D eigenvalue weighted by atomic mass is 9.94. The van der Waals surface area contributed by atoms with E-state index in [1.165, 1.54) is 20.3 Å². The van der Waals surface area contributed by atoms with Gasteiger partial charge in [-0.05, 0) is 46.5 Å². The molecule has 190 valence electrons. The van der Waals surface area contributed by atoms with Gasteiger partial charge in [0.1, 0.15) is 12.4 Å². The van der Waals surface area contributed by atoms with Gasteiger partial charge in [0.2, 0.25) is 0 Å². The molecule has 1 N–H and O–H groups in total. The van der Waals surface area contributed by atoms with Gasteiger partial charge in [-0.15, -0.1) is 0 Å². The SMILES string of the molecule is COC(=O)Cc1ccc(OC)c(-c2ccc(C(F)(F)F)cc2CNCC(=O)OCc2ccccc2)c1. The van der Waals surface area contributed by atoms with E-state index in [1.807, 2.05) is 30.3 Å². The quantitative estimate of drug-likeness (QED) is 0.397. The second kappa shape index (κ2) is 12.2. The van der Waals surface area contributed by atoms with Gasteiger partial charge in [0.05, 0.1) is 32.7 Å². The van der Waals surface area contributed by atoms with E-state index in [0.29, 0.717) is 28.0 Å². The highest BCUT2D eigenvalue weighted by Gasteiger charge is 2.31. The first kappa shape index (κ1) is 26.7. The van der Waals surface area contributed by atoms with E-state index in [-0.39, 0.29) is 26.1 Å². The normalized spacial score (nSPS) is 11.1. The predicted octanol–water partition coefficient (Wildman–Crippen LogP) is 4.93. The maximum atomic E-state index is 13.4. The molecule has 0 bridgehead atoms. The molecule has 9 heteroatoms. The average molecular weight is 502 g/mol. The molecule has 0 aliphatic heterocycles. The zero-order valence-electron chi connectivity index (χ0n) is 19.9. The number of carbonyl (C=O) groups excluding carboxylic acids is 2. The van der Waals surface area contributed by atoms with Gasteiger partial charge in [-0.3, -0.25) is 9.59 Å². The Kier molecular flexibility index (Phi) is 9.08. The zero-order chi connectivity index (χ0) is 26.1. The van der Waals surface area contributed by atoms with Crippen LogP contribution in [0.15, 0.2) is 66.7 Å². The van der Waals surface area contributed by atoms with E-state index < -0.39 is 23.7 Å². The number of benzene rings is 3. The van der Waals surface area contributed by atoms with Crippen LogP contribution in [0.3, 0.4) is 0 Å². The predicted molar refractivity (Wildman–Crippen MR) is 127 cm³/mol. The standard InChI is InChI=1S/C27H26F3NO5/c1-34-24-11-8-19(13-25(32)35-2)12-23(24)22-10-9-21(27(28,29)30)14-20(22)15-31-16-26(33)36-17-18-6-4-3-5-7-18/h3-12,14,31H,13,15-17H2,1-2H3. The lowest BCUT2D eigenvalue weighted by Crippen LogP contribution is -2.24. The number of ether oxygens (including phenoxy) is 3. The summed E-state index contributed by atoms with van der Waals surface area (Å²) in [5, 5.41) is 2.86. The van der Waals surface area contributed by atoms with Crippen molar-refractivity contribution in [2.45, 2.75) is 25.7 Å². The van der Waals surface area contributed by atoms with Crippen molar-refractivity contribution < 1.29 is 37.0 Å². The zero-order valence-corrected chi connectivity index (χ0v) is 19.9. The maximum absolute atomic E-state index is 13.4. The van der Waals surface area contributed by atoms with Crippen molar-refractivity contribution in [1.29, 1.82) is 0 Å². The molecule has 0 heterocycles. The average Bonchev–Trinajstić information content (AvgIpc) is 2.87. The van der Waals surface area contributed by atoms with Gasteiger partial charge >= 0.3 is 18.1 Å². The first-order valence-electron chi connectivity index (χ1n) is 11.1. The van der Waals surface area contributed by atoms with Crippen molar-refractivity contribution in [3.05, 3.63) is 89.0 Å². The maximum Gasteiger partial charge on any atom is 0.416 e. The molecule has 0 aliphatic carbocycles. The van der Waals surface area contributed by atoms with Gasteiger partial charge in [0, 0.05) is 12.1 Å². The number of hydrogen-bond acceptors (Lipinski definition) is 6. The number of esters is 2. The Bertz CT molecular complexity index is 1200. The summed E-state index contributed by atoms with van der Waals surface area (Å²) < 4.78 is 55.6. The molecule has 0 aromatic heterocycles. The summed E-state index contributed by atoms with van der Waals surface area (Å²) in [6.07, 6.45) is -4.55. The highest BCUT2D eigenvalue weighted by molar-refractivity contribution is 5.78. The first-order valence-corrected chi connectivity index (χ1v) is 11.1. The van der Waals surface area contributed by atoms with Crippen LogP contribution in [-0.2, 0) is 44.8 Å². The Balaban J connectivity index is 1.82.